The normalized spacial score (nSPS) is 11.9. The maximum atomic E-state index is 6.04. The molecule has 0 aromatic carbocycles. The molecule has 0 spiro atoms. The van der Waals surface area contributed by atoms with Crippen LogP contribution in [0, 0.1) is 5.92 Å². The fourth-order valence-corrected chi connectivity index (χ4v) is 1.74. The molecule has 1 aromatic heterocycles. The summed E-state index contributed by atoms with van der Waals surface area (Å²) in [5.74, 6) is 2.11. The molecule has 0 fully saturated rings. The molecule has 0 saturated carbocycles. The van der Waals surface area contributed by atoms with Crippen LogP contribution in [0.5, 0.6) is 0 Å². The van der Waals surface area contributed by atoms with Crippen LogP contribution < -0.4 is 5.32 Å². The Morgan fingerprint density at radius 2 is 2.00 bits per heavy atom. The smallest absolute Gasteiger partial charge is 0.137 e. The Morgan fingerprint density at radius 3 is 2.60 bits per heavy atom. The van der Waals surface area contributed by atoms with Crippen molar-refractivity contribution in [3.8, 4) is 0 Å². The Bertz CT molecular complexity index is 416. The highest BCUT2D eigenvalue weighted by atomic mass is 35.5. The van der Waals surface area contributed by atoms with E-state index in [9.17, 15) is 0 Å². The van der Waals surface area contributed by atoms with Gasteiger partial charge in [0.05, 0.1) is 0 Å². The van der Waals surface area contributed by atoms with Crippen LogP contribution in [0.4, 0.5) is 5.82 Å². The van der Waals surface area contributed by atoms with E-state index in [2.05, 4.69) is 49.9 Å². The van der Waals surface area contributed by atoms with Gasteiger partial charge in [-0.3, -0.25) is 0 Å². The van der Waals surface area contributed by atoms with Gasteiger partial charge in [-0.25, -0.2) is 9.97 Å². The van der Waals surface area contributed by atoms with Crippen LogP contribution in [0.15, 0.2) is 6.07 Å². The zero-order valence-electron chi connectivity index (χ0n) is 13.2. The summed E-state index contributed by atoms with van der Waals surface area (Å²) in [5, 5.41) is 3.75. The van der Waals surface area contributed by atoms with E-state index in [1.165, 1.54) is 0 Å². The lowest BCUT2D eigenvalue weighted by molar-refractivity contribution is 0.110. The standard InChI is InChI=1S/C15H26ClN3O/c1-11(2)10-20-8-6-7-17-13-9-12(16)18-14(19-13)15(3,4)5/h9,11H,6-8,10H2,1-5H3,(H,17,18,19). The lowest BCUT2D eigenvalue weighted by Gasteiger charge is -2.17. The van der Waals surface area contributed by atoms with Gasteiger partial charge in [-0.05, 0) is 12.3 Å². The molecule has 4 nitrogen and oxygen atoms in total. The Labute approximate surface area is 127 Å². The highest BCUT2D eigenvalue weighted by molar-refractivity contribution is 6.29. The highest BCUT2D eigenvalue weighted by Gasteiger charge is 2.18. The van der Waals surface area contributed by atoms with Gasteiger partial charge in [0, 0.05) is 31.2 Å². The van der Waals surface area contributed by atoms with E-state index in [-0.39, 0.29) is 5.41 Å². The molecule has 0 aliphatic carbocycles. The SMILES string of the molecule is CC(C)COCCCNc1cc(Cl)nc(C(C)(C)C)n1. The van der Waals surface area contributed by atoms with E-state index in [1.54, 1.807) is 6.07 Å². The van der Waals surface area contributed by atoms with Crippen molar-refractivity contribution in [2.24, 2.45) is 5.92 Å². The van der Waals surface area contributed by atoms with Gasteiger partial charge in [0.25, 0.3) is 0 Å². The number of ether oxygens (including phenoxy) is 1. The Morgan fingerprint density at radius 1 is 1.30 bits per heavy atom. The summed E-state index contributed by atoms with van der Waals surface area (Å²) in [6, 6.07) is 1.76. The van der Waals surface area contributed by atoms with E-state index < -0.39 is 0 Å². The monoisotopic (exact) mass is 299 g/mol. The number of nitrogens with one attached hydrogen (secondary N) is 1. The van der Waals surface area contributed by atoms with Crippen molar-refractivity contribution in [3.63, 3.8) is 0 Å². The minimum Gasteiger partial charge on any atom is -0.381 e. The van der Waals surface area contributed by atoms with Crippen molar-refractivity contribution in [1.82, 2.24) is 9.97 Å². The first-order chi connectivity index (χ1) is 9.29. The molecule has 0 amide bonds. The lowest BCUT2D eigenvalue weighted by Crippen LogP contribution is -2.18. The van der Waals surface area contributed by atoms with Gasteiger partial charge in [0.15, 0.2) is 0 Å². The molecule has 0 aliphatic rings. The first-order valence-electron chi connectivity index (χ1n) is 7.15. The first-order valence-corrected chi connectivity index (χ1v) is 7.53. The number of hydrogen-bond acceptors (Lipinski definition) is 4. The minimum atomic E-state index is -0.109. The molecule has 0 radical (unpaired) electrons. The molecule has 0 saturated heterocycles. The first kappa shape index (κ1) is 17.2. The number of nitrogens with zero attached hydrogens (tertiary/aromatic N) is 2. The molecule has 1 aromatic rings. The summed E-state index contributed by atoms with van der Waals surface area (Å²) in [6.07, 6.45) is 0.944. The molecule has 0 bridgehead atoms. The van der Waals surface area contributed by atoms with Gasteiger partial charge in [-0.15, -0.1) is 0 Å². The molecule has 1 rings (SSSR count). The summed E-state index contributed by atoms with van der Waals surface area (Å²) in [5.41, 5.74) is -0.109. The summed E-state index contributed by atoms with van der Waals surface area (Å²) in [6.45, 7) is 12.9. The second-order valence-electron chi connectivity index (χ2n) is 6.40. The number of aromatic nitrogens is 2. The molecule has 0 atom stereocenters. The molecule has 5 heteroatoms. The Hall–Kier alpha value is -0.870. The van der Waals surface area contributed by atoms with E-state index >= 15 is 0 Å². The molecular formula is C15H26ClN3O. The fourth-order valence-electron chi connectivity index (χ4n) is 1.55. The van der Waals surface area contributed by atoms with Crippen molar-refractivity contribution < 1.29 is 4.74 Å². The van der Waals surface area contributed by atoms with E-state index in [4.69, 9.17) is 16.3 Å². The Balaban J connectivity index is 2.42. The van der Waals surface area contributed by atoms with Crippen LogP contribution in [0.2, 0.25) is 5.15 Å². The third kappa shape index (κ3) is 6.53. The number of anilines is 1. The van der Waals surface area contributed by atoms with Crippen molar-refractivity contribution in [2.75, 3.05) is 25.1 Å². The van der Waals surface area contributed by atoms with Crippen LogP contribution in [0.3, 0.4) is 0 Å². The topological polar surface area (TPSA) is 47.0 Å². The predicted molar refractivity (Wildman–Crippen MR) is 84.5 cm³/mol. The number of hydrogen-bond donors (Lipinski definition) is 1. The largest absolute Gasteiger partial charge is 0.381 e. The zero-order chi connectivity index (χ0) is 15.2. The number of rotatable bonds is 7. The average Bonchev–Trinajstić information content (AvgIpc) is 2.31. The molecule has 20 heavy (non-hydrogen) atoms. The zero-order valence-corrected chi connectivity index (χ0v) is 13.9. The second-order valence-corrected chi connectivity index (χ2v) is 6.79. The van der Waals surface area contributed by atoms with E-state index in [0.717, 1.165) is 37.8 Å². The summed E-state index contributed by atoms with van der Waals surface area (Å²) in [4.78, 5) is 8.78. The van der Waals surface area contributed by atoms with Gasteiger partial charge in [-0.2, -0.15) is 0 Å². The maximum Gasteiger partial charge on any atom is 0.137 e. The summed E-state index contributed by atoms with van der Waals surface area (Å²) >= 11 is 6.04. The summed E-state index contributed by atoms with van der Waals surface area (Å²) < 4.78 is 5.54. The van der Waals surface area contributed by atoms with Crippen molar-refractivity contribution in [1.29, 1.82) is 0 Å². The van der Waals surface area contributed by atoms with Crippen LogP contribution in [-0.2, 0) is 10.2 Å². The van der Waals surface area contributed by atoms with Crippen LogP contribution in [-0.4, -0.2) is 29.7 Å². The van der Waals surface area contributed by atoms with Gasteiger partial charge in [0.2, 0.25) is 0 Å². The molecular weight excluding hydrogens is 274 g/mol. The maximum absolute atomic E-state index is 6.04. The quantitative estimate of drug-likeness (QED) is 0.613. The van der Waals surface area contributed by atoms with E-state index in [1.807, 2.05) is 0 Å². The Kier molecular flexibility index (Phi) is 6.69. The number of halogens is 1. The molecule has 1 N–H and O–H groups in total. The average molecular weight is 300 g/mol. The third-order valence-electron chi connectivity index (χ3n) is 2.59. The molecule has 0 unspecified atom stereocenters. The summed E-state index contributed by atoms with van der Waals surface area (Å²) in [7, 11) is 0. The highest BCUT2D eigenvalue weighted by Crippen LogP contribution is 2.22. The third-order valence-corrected chi connectivity index (χ3v) is 2.78. The minimum absolute atomic E-state index is 0.109. The van der Waals surface area contributed by atoms with Gasteiger partial charge in [0.1, 0.15) is 16.8 Å². The molecule has 1 heterocycles. The van der Waals surface area contributed by atoms with Crippen LogP contribution in [0.25, 0.3) is 0 Å². The van der Waals surface area contributed by atoms with Gasteiger partial charge in [-0.1, -0.05) is 46.2 Å². The van der Waals surface area contributed by atoms with E-state index in [0.29, 0.717) is 11.1 Å². The lowest BCUT2D eigenvalue weighted by atomic mass is 9.96. The van der Waals surface area contributed by atoms with Crippen LogP contribution >= 0.6 is 11.6 Å². The van der Waals surface area contributed by atoms with Crippen molar-refractivity contribution in [3.05, 3.63) is 17.0 Å². The molecule has 114 valence electrons. The van der Waals surface area contributed by atoms with Gasteiger partial charge < -0.3 is 10.1 Å². The fraction of sp³-hybridized carbons (Fsp3) is 0.733. The predicted octanol–water partition coefficient (Wildman–Crippen LogP) is 3.90. The van der Waals surface area contributed by atoms with Crippen molar-refractivity contribution >= 4 is 17.4 Å². The van der Waals surface area contributed by atoms with Crippen LogP contribution in [0.1, 0.15) is 46.9 Å². The molecule has 0 aliphatic heterocycles. The van der Waals surface area contributed by atoms with Gasteiger partial charge >= 0.3 is 0 Å². The van der Waals surface area contributed by atoms with Crippen molar-refractivity contribution in [2.45, 2.75) is 46.5 Å². The second kappa shape index (κ2) is 7.79.